The van der Waals surface area contributed by atoms with Crippen molar-refractivity contribution in [1.29, 1.82) is 0 Å². The van der Waals surface area contributed by atoms with Crippen LogP contribution < -0.4 is 10.4 Å². The fourth-order valence-corrected chi connectivity index (χ4v) is 15.4. The van der Waals surface area contributed by atoms with Crippen LogP contribution in [0.1, 0.15) is 55.9 Å². The third-order valence-corrected chi connectivity index (χ3v) is 18.8. The lowest BCUT2D eigenvalue weighted by Crippen LogP contribution is -2.66. The first-order valence-corrected chi connectivity index (χ1v) is 23.6. The Balaban J connectivity index is 1.06. The van der Waals surface area contributed by atoms with Gasteiger partial charge in [0.05, 0.1) is 0 Å². The van der Waals surface area contributed by atoms with Crippen molar-refractivity contribution in [2.24, 2.45) is 17.8 Å². The zero-order valence-electron chi connectivity index (χ0n) is 35.5. The van der Waals surface area contributed by atoms with Gasteiger partial charge in [-0.15, -0.1) is 0 Å². The molecule has 9 rings (SSSR count). The Morgan fingerprint density at radius 3 is 1.18 bits per heavy atom. The first-order chi connectivity index (χ1) is 29.3. The van der Waals surface area contributed by atoms with Crippen LogP contribution in [0.3, 0.4) is 0 Å². The summed E-state index contributed by atoms with van der Waals surface area (Å²) in [5.41, 5.74) is 1.95. The second-order valence-electron chi connectivity index (χ2n) is 18.0. The molecule has 6 aromatic carbocycles. The smallest absolute Gasteiger partial charge is 0.407 e. The van der Waals surface area contributed by atoms with E-state index in [1.54, 1.807) is 14.2 Å². The average molecular weight is 813 g/mol. The first-order valence-electron chi connectivity index (χ1n) is 21.7. The molecule has 2 saturated carbocycles. The molecule has 0 unspecified atom stereocenters. The Hall–Kier alpha value is -4.60. The topological polar surface area (TPSA) is 46.2 Å². The van der Waals surface area contributed by atoms with Gasteiger partial charge in [0.25, 0.3) is 8.32 Å². The molecule has 0 aromatic heterocycles. The van der Waals surface area contributed by atoms with Crippen molar-refractivity contribution in [3.05, 3.63) is 204 Å². The van der Waals surface area contributed by atoms with E-state index < -0.39 is 38.8 Å². The predicted octanol–water partition coefficient (Wildman–Crippen LogP) is 10.0. The normalized spacial score (nSPS) is 23.1. The molecule has 0 radical (unpaired) electrons. The summed E-state index contributed by atoms with van der Waals surface area (Å²) in [6, 6.07) is 63.9. The minimum absolute atomic E-state index is 0.0610. The van der Waals surface area contributed by atoms with Crippen molar-refractivity contribution < 1.29 is 23.2 Å². The molecule has 0 bridgehead atoms. The monoisotopic (exact) mass is 812 g/mol. The van der Waals surface area contributed by atoms with Gasteiger partial charge in [-0.1, -0.05) is 203 Å². The van der Waals surface area contributed by atoms with E-state index in [-0.39, 0.29) is 10.9 Å². The molecule has 1 saturated heterocycles. The Labute approximate surface area is 358 Å². The third-order valence-electron chi connectivity index (χ3n) is 13.8. The molecule has 0 N–H and O–H groups in total. The fraction of sp³-hybridized carbons (Fsp3) is 0.321. The van der Waals surface area contributed by atoms with Crippen LogP contribution in [0.4, 0.5) is 0 Å². The Morgan fingerprint density at radius 2 is 0.850 bits per heavy atom. The lowest BCUT2D eigenvalue weighted by Gasteiger charge is -2.47. The second-order valence-corrected chi connectivity index (χ2v) is 22.3. The molecule has 6 aromatic rings. The highest BCUT2D eigenvalue weighted by atomic mass is 28.4. The predicted molar refractivity (Wildman–Crippen MR) is 244 cm³/mol. The Bertz CT molecular complexity index is 2070. The highest BCUT2D eigenvalue weighted by Gasteiger charge is 2.67. The van der Waals surface area contributed by atoms with E-state index in [1.165, 1.54) is 10.4 Å². The number of benzene rings is 6. The summed E-state index contributed by atoms with van der Waals surface area (Å²) in [5.74, 6) is 1.78. The van der Waals surface area contributed by atoms with Crippen LogP contribution in [0.5, 0.6) is 0 Å². The zero-order chi connectivity index (χ0) is 41.4. The second kappa shape index (κ2) is 16.7. The van der Waals surface area contributed by atoms with Crippen LogP contribution in [-0.4, -0.2) is 48.5 Å². The van der Waals surface area contributed by atoms with Crippen LogP contribution in [-0.2, 0) is 34.4 Å². The van der Waals surface area contributed by atoms with Gasteiger partial charge >= 0.3 is 7.12 Å². The molecule has 1 aliphatic heterocycles. The highest BCUT2D eigenvalue weighted by Crippen LogP contribution is 2.64. The van der Waals surface area contributed by atoms with Crippen molar-refractivity contribution in [2.45, 2.75) is 67.9 Å². The van der Waals surface area contributed by atoms with Gasteiger partial charge in [0, 0.05) is 20.8 Å². The van der Waals surface area contributed by atoms with Crippen LogP contribution in [0.25, 0.3) is 0 Å². The summed E-state index contributed by atoms with van der Waals surface area (Å²) in [6.45, 7) is 7.83. The van der Waals surface area contributed by atoms with Gasteiger partial charge in [0.1, 0.15) is 23.4 Å². The maximum Gasteiger partial charge on any atom is 0.461 e. The zero-order valence-corrected chi connectivity index (χ0v) is 36.5. The van der Waals surface area contributed by atoms with Gasteiger partial charge in [0.2, 0.25) is 0 Å². The molecule has 2 aliphatic carbocycles. The summed E-state index contributed by atoms with van der Waals surface area (Å²) in [4.78, 5) is 0. The minimum atomic E-state index is -2.63. The summed E-state index contributed by atoms with van der Waals surface area (Å²) in [6.07, 6.45) is 1.03. The molecule has 0 amide bonds. The molecule has 7 heteroatoms. The number of hydrogen-bond donors (Lipinski definition) is 0. The highest BCUT2D eigenvalue weighted by molar-refractivity contribution is 6.99. The summed E-state index contributed by atoms with van der Waals surface area (Å²) in [7, 11) is 0.514. The van der Waals surface area contributed by atoms with Gasteiger partial charge < -0.3 is 23.2 Å². The largest absolute Gasteiger partial charge is 0.461 e. The van der Waals surface area contributed by atoms with Crippen molar-refractivity contribution in [3.8, 4) is 0 Å². The minimum Gasteiger partial charge on any atom is -0.407 e. The van der Waals surface area contributed by atoms with E-state index in [0.29, 0.717) is 17.8 Å². The molecule has 3 fully saturated rings. The Morgan fingerprint density at radius 1 is 0.500 bits per heavy atom. The summed E-state index contributed by atoms with van der Waals surface area (Å²) < 4.78 is 36.2. The van der Waals surface area contributed by atoms with Gasteiger partial charge in [0.15, 0.2) is 0 Å². The van der Waals surface area contributed by atoms with E-state index in [9.17, 15) is 0 Å². The quantitative estimate of drug-likeness (QED) is 0.0967. The molecule has 60 heavy (non-hydrogen) atoms. The number of hydrogen-bond acceptors (Lipinski definition) is 5. The van der Waals surface area contributed by atoms with E-state index in [2.05, 4.69) is 178 Å². The van der Waals surface area contributed by atoms with Gasteiger partial charge in [-0.3, -0.25) is 0 Å². The lowest BCUT2D eigenvalue weighted by atomic mass is 9.71. The summed E-state index contributed by atoms with van der Waals surface area (Å²) >= 11 is 0. The molecule has 6 atom stereocenters. The average Bonchev–Trinajstić information content (AvgIpc) is 4.22. The van der Waals surface area contributed by atoms with E-state index in [0.717, 1.165) is 41.7 Å². The first kappa shape index (κ1) is 40.8. The number of methoxy groups -OCH3 is 2. The van der Waals surface area contributed by atoms with E-state index in [4.69, 9.17) is 23.2 Å². The summed E-state index contributed by atoms with van der Waals surface area (Å²) in [5, 5.41) is 2.59. The van der Waals surface area contributed by atoms with Crippen LogP contribution in [0, 0.1) is 17.8 Å². The van der Waals surface area contributed by atoms with Crippen molar-refractivity contribution in [1.82, 2.24) is 0 Å². The fourth-order valence-electron chi connectivity index (χ4n) is 10.7. The van der Waals surface area contributed by atoms with Crippen LogP contribution in [0.15, 0.2) is 182 Å². The molecular weight excluding hydrogens is 755 g/mol. The number of ether oxygens (including phenoxy) is 2. The molecule has 1 heterocycles. The van der Waals surface area contributed by atoms with Gasteiger partial charge in [-0.25, -0.2) is 0 Å². The maximum absolute atomic E-state index is 7.48. The maximum atomic E-state index is 7.48. The van der Waals surface area contributed by atoms with Gasteiger partial charge in [-0.05, 0) is 74.1 Å². The van der Waals surface area contributed by atoms with E-state index in [1.807, 2.05) is 24.3 Å². The molecule has 3 aliphatic rings. The molecule has 306 valence electrons. The SMILES string of the molecule is COC(c1ccccc1)(c1ccccc1)[C@@H]1OB([C@H]2C[C@H]2[C@H]2C[C@H]2CO[Si](c2ccccc2)(c2ccccc2)C(C)(C)C)O[C@H]1C(OC)(c1ccccc1)c1ccccc1. The Kier molecular flexibility index (Phi) is 11.3. The van der Waals surface area contributed by atoms with Crippen molar-refractivity contribution in [3.63, 3.8) is 0 Å². The van der Waals surface area contributed by atoms with Gasteiger partial charge in [-0.2, -0.15) is 0 Å². The van der Waals surface area contributed by atoms with Crippen molar-refractivity contribution in [2.75, 3.05) is 20.8 Å². The van der Waals surface area contributed by atoms with E-state index >= 15 is 0 Å². The molecular formula is C53H57BO5Si. The standard InChI is InChI=1S/C53H57BO5Si/c1-51(2,3)60(44-32-20-10-21-33-44,45-34-22-11-23-35-45)57-38-39-36-46(39)47-37-48(47)54-58-49(52(55-4,40-24-12-6-13-25-40)41-26-14-7-15-27-41)50(59-54)53(56-5,42-28-16-8-17-29-42)43-30-18-9-19-31-43/h6-35,39,46-50H,36-38H2,1-5H3/t39-,46-,47-,48-,49+,50+/m0/s1. The van der Waals surface area contributed by atoms with Crippen molar-refractivity contribution >= 4 is 25.8 Å². The number of rotatable bonds is 15. The van der Waals surface area contributed by atoms with Crippen LogP contribution >= 0.6 is 0 Å². The molecule has 5 nitrogen and oxygen atoms in total. The van der Waals surface area contributed by atoms with Crippen LogP contribution in [0.2, 0.25) is 10.9 Å². The molecule has 0 spiro atoms. The lowest BCUT2D eigenvalue weighted by molar-refractivity contribution is -0.136. The third kappa shape index (κ3) is 7.03.